The molecular weight excluding hydrogens is 222 g/mol. The van der Waals surface area contributed by atoms with Gasteiger partial charge in [0.05, 0.1) is 0 Å². The van der Waals surface area contributed by atoms with E-state index in [0.717, 1.165) is 13.1 Å². The van der Waals surface area contributed by atoms with Crippen molar-refractivity contribution in [1.82, 2.24) is 4.90 Å². The van der Waals surface area contributed by atoms with Crippen LogP contribution in [0.1, 0.15) is 18.4 Å². The van der Waals surface area contributed by atoms with Gasteiger partial charge < -0.3 is 10.6 Å². The van der Waals surface area contributed by atoms with Gasteiger partial charge >= 0.3 is 0 Å². The highest BCUT2D eigenvalue weighted by Gasteiger charge is 2.42. The maximum atomic E-state index is 14.3. The van der Waals surface area contributed by atoms with Crippen LogP contribution in [0.2, 0.25) is 0 Å². The number of nitrogen functional groups attached to an aromatic ring is 1. The first kappa shape index (κ1) is 12.3. The van der Waals surface area contributed by atoms with Crippen molar-refractivity contribution in [2.24, 2.45) is 5.92 Å². The van der Waals surface area contributed by atoms with E-state index >= 15 is 0 Å². The van der Waals surface area contributed by atoms with Crippen LogP contribution in [-0.4, -0.2) is 25.0 Å². The molecule has 0 atom stereocenters. The molecule has 1 saturated heterocycles. The van der Waals surface area contributed by atoms with Gasteiger partial charge in [0.15, 0.2) is 0 Å². The smallest absolute Gasteiger partial charge is 0.276 e. The third-order valence-corrected chi connectivity index (χ3v) is 3.50. The Morgan fingerprint density at radius 2 is 1.94 bits per heavy atom. The number of hydrogen-bond donors (Lipinski definition) is 1. The first-order valence-corrected chi connectivity index (χ1v) is 5.92. The summed E-state index contributed by atoms with van der Waals surface area (Å²) >= 11 is 0. The Morgan fingerprint density at radius 3 is 2.53 bits per heavy atom. The zero-order valence-electron chi connectivity index (χ0n) is 10.00. The van der Waals surface area contributed by atoms with Gasteiger partial charge in [-0.05, 0) is 45.1 Å². The van der Waals surface area contributed by atoms with Gasteiger partial charge in [-0.1, -0.05) is 12.1 Å². The molecule has 0 aromatic heterocycles. The standard InChI is InChI=1S/C13H18F2N2/c1-17-7-5-10(6-8-17)13(14,15)11-3-2-4-12(16)9-11/h2-4,9-10H,5-8,16H2,1H3. The molecule has 0 amide bonds. The number of piperidine rings is 1. The summed E-state index contributed by atoms with van der Waals surface area (Å²) in [6.07, 6.45) is 1.08. The molecule has 0 aliphatic carbocycles. The average Bonchev–Trinajstić information content (AvgIpc) is 2.29. The van der Waals surface area contributed by atoms with Gasteiger partial charge in [0.25, 0.3) is 5.92 Å². The first-order valence-electron chi connectivity index (χ1n) is 5.92. The molecule has 94 valence electrons. The van der Waals surface area contributed by atoms with Gasteiger partial charge in [0, 0.05) is 17.2 Å². The molecule has 0 unspecified atom stereocenters. The number of benzene rings is 1. The minimum absolute atomic E-state index is 0.0482. The monoisotopic (exact) mass is 240 g/mol. The quantitative estimate of drug-likeness (QED) is 0.805. The Kier molecular flexibility index (Phi) is 3.33. The SMILES string of the molecule is CN1CCC(C(F)(F)c2cccc(N)c2)CC1. The Bertz CT molecular complexity index is 385. The number of hydrogen-bond acceptors (Lipinski definition) is 2. The second kappa shape index (κ2) is 4.61. The van der Waals surface area contributed by atoms with Gasteiger partial charge in [0.1, 0.15) is 0 Å². The third-order valence-electron chi connectivity index (χ3n) is 3.50. The zero-order valence-corrected chi connectivity index (χ0v) is 10.00. The number of anilines is 1. The molecule has 17 heavy (non-hydrogen) atoms. The van der Waals surface area contributed by atoms with E-state index in [1.54, 1.807) is 12.1 Å². The number of halogens is 2. The maximum absolute atomic E-state index is 14.3. The summed E-state index contributed by atoms with van der Waals surface area (Å²) in [5.74, 6) is -3.34. The molecule has 0 radical (unpaired) electrons. The van der Waals surface area contributed by atoms with E-state index in [1.807, 2.05) is 7.05 Å². The Balaban J connectivity index is 2.18. The second-order valence-corrected chi connectivity index (χ2v) is 4.83. The summed E-state index contributed by atoms with van der Waals surface area (Å²) in [6.45, 7) is 1.48. The molecule has 0 bridgehead atoms. The molecule has 2 rings (SSSR count). The number of alkyl halides is 2. The highest BCUT2D eigenvalue weighted by molar-refractivity contribution is 5.42. The lowest BCUT2D eigenvalue weighted by molar-refractivity contribution is -0.0836. The Morgan fingerprint density at radius 1 is 1.29 bits per heavy atom. The predicted molar refractivity (Wildman–Crippen MR) is 65.0 cm³/mol. The molecule has 1 aliphatic heterocycles. The molecule has 1 heterocycles. The van der Waals surface area contributed by atoms with Crippen LogP contribution in [0.25, 0.3) is 0 Å². The molecule has 0 saturated carbocycles. The summed E-state index contributed by atoms with van der Waals surface area (Å²) in [5, 5.41) is 0. The fourth-order valence-corrected chi connectivity index (χ4v) is 2.35. The zero-order chi connectivity index (χ0) is 12.5. The second-order valence-electron chi connectivity index (χ2n) is 4.83. The molecule has 1 aromatic rings. The molecule has 1 aromatic carbocycles. The highest BCUT2D eigenvalue weighted by Crippen LogP contribution is 2.41. The Labute approximate surface area is 100 Å². The maximum Gasteiger partial charge on any atom is 0.276 e. The van der Waals surface area contributed by atoms with Crippen LogP contribution in [-0.2, 0) is 5.92 Å². The van der Waals surface area contributed by atoms with Crippen LogP contribution in [0, 0.1) is 5.92 Å². The van der Waals surface area contributed by atoms with Gasteiger partial charge in [-0.15, -0.1) is 0 Å². The van der Waals surface area contributed by atoms with Gasteiger partial charge in [0.2, 0.25) is 0 Å². The van der Waals surface area contributed by atoms with Crippen molar-refractivity contribution < 1.29 is 8.78 Å². The van der Waals surface area contributed by atoms with E-state index in [9.17, 15) is 8.78 Å². The lowest BCUT2D eigenvalue weighted by Gasteiger charge is -2.34. The number of likely N-dealkylation sites (tertiary alicyclic amines) is 1. The molecule has 1 fully saturated rings. The van der Waals surface area contributed by atoms with Crippen molar-refractivity contribution in [2.45, 2.75) is 18.8 Å². The van der Waals surface area contributed by atoms with Gasteiger partial charge in [-0.25, -0.2) is 8.78 Å². The van der Waals surface area contributed by atoms with Crippen LogP contribution in [0.3, 0.4) is 0 Å². The topological polar surface area (TPSA) is 29.3 Å². The van der Waals surface area contributed by atoms with Gasteiger partial charge in [-0.2, -0.15) is 0 Å². The van der Waals surface area contributed by atoms with E-state index in [4.69, 9.17) is 5.73 Å². The van der Waals surface area contributed by atoms with Crippen molar-refractivity contribution in [3.8, 4) is 0 Å². The van der Waals surface area contributed by atoms with Crippen LogP contribution >= 0.6 is 0 Å². The minimum atomic E-state index is -2.77. The van der Waals surface area contributed by atoms with Crippen LogP contribution < -0.4 is 5.73 Å². The van der Waals surface area contributed by atoms with E-state index < -0.39 is 11.8 Å². The van der Waals surface area contributed by atoms with Crippen LogP contribution in [0.4, 0.5) is 14.5 Å². The van der Waals surface area contributed by atoms with Crippen molar-refractivity contribution in [3.63, 3.8) is 0 Å². The van der Waals surface area contributed by atoms with Crippen LogP contribution in [0.5, 0.6) is 0 Å². The van der Waals surface area contributed by atoms with E-state index in [1.165, 1.54) is 12.1 Å². The van der Waals surface area contributed by atoms with Crippen molar-refractivity contribution >= 4 is 5.69 Å². The molecule has 2 nitrogen and oxygen atoms in total. The Hall–Kier alpha value is -1.16. The summed E-state index contributed by atoms with van der Waals surface area (Å²) in [6, 6.07) is 6.08. The largest absolute Gasteiger partial charge is 0.399 e. The van der Waals surface area contributed by atoms with Crippen molar-refractivity contribution in [3.05, 3.63) is 29.8 Å². The van der Waals surface area contributed by atoms with Crippen molar-refractivity contribution in [2.75, 3.05) is 25.9 Å². The third kappa shape index (κ3) is 2.57. The molecule has 0 spiro atoms. The lowest BCUT2D eigenvalue weighted by Crippen LogP contribution is -2.37. The first-order chi connectivity index (χ1) is 8.00. The normalized spacial score (nSPS) is 19.5. The lowest BCUT2D eigenvalue weighted by atomic mass is 9.86. The average molecular weight is 240 g/mol. The van der Waals surface area contributed by atoms with E-state index in [2.05, 4.69) is 4.90 Å². The number of rotatable bonds is 2. The molecular formula is C13H18F2N2. The minimum Gasteiger partial charge on any atom is -0.399 e. The van der Waals surface area contributed by atoms with E-state index in [0.29, 0.717) is 18.5 Å². The van der Waals surface area contributed by atoms with Crippen molar-refractivity contribution in [1.29, 1.82) is 0 Å². The molecule has 4 heteroatoms. The number of nitrogens with zero attached hydrogens (tertiary/aromatic N) is 1. The molecule has 2 N–H and O–H groups in total. The van der Waals surface area contributed by atoms with Crippen LogP contribution in [0.15, 0.2) is 24.3 Å². The fourth-order valence-electron chi connectivity index (χ4n) is 2.35. The fraction of sp³-hybridized carbons (Fsp3) is 0.538. The summed E-state index contributed by atoms with van der Waals surface area (Å²) in [4.78, 5) is 2.09. The summed E-state index contributed by atoms with van der Waals surface area (Å²) in [5.41, 5.74) is 6.01. The number of nitrogens with two attached hydrogens (primary N) is 1. The summed E-state index contributed by atoms with van der Waals surface area (Å²) < 4.78 is 28.5. The van der Waals surface area contributed by atoms with E-state index in [-0.39, 0.29) is 5.56 Å². The molecule has 1 aliphatic rings. The van der Waals surface area contributed by atoms with Gasteiger partial charge in [-0.3, -0.25) is 0 Å². The predicted octanol–water partition coefficient (Wildman–Crippen LogP) is 2.70. The summed E-state index contributed by atoms with van der Waals surface area (Å²) in [7, 11) is 1.97. The highest BCUT2D eigenvalue weighted by atomic mass is 19.3.